The van der Waals surface area contributed by atoms with Crippen molar-refractivity contribution in [2.24, 2.45) is 0 Å². The van der Waals surface area contributed by atoms with E-state index in [0.29, 0.717) is 30.0 Å². The van der Waals surface area contributed by atoms with E-state index in [2.05, 4.69) is 15.0 Å². The van der Waals surface area contributed by atoms with Crippen molar-refractivity contribution in [2.75, 3.05) is 31.1 Å². The van der Waals surface area contributed by atoms with E-state index in [1.165, 1.54) is 24.3 Å². The molecule has 0 spiro atoms. The monoisotopic (exact) mass is 434 g/mol. The third-order valence-electron chi connectivity index (χ3n) is 5.11. The number of nitrogens with one attached hydrogen (secondary N) is 1. The molecule has 0 bridgehead atoms. The number of alkyl halides is 3. The second-order valence-corrected chi connectivity index (χ2v) is 7.10. The summed E-state index contributed by atoms with van der Waals surface area (Å²) in [5.41, 5.74) is 1.60. The second kappa shape index (κ2) is 7.99. The molecule has 2 aromatic rings. The largest absolute Gasteiger partial charge is 0.491 e. The highest BCUT2D eigenvalue weighted by Gasteiger charge is 2.42. The molecule has 1 aromatic carbocycles. The lowest BCUT2D eigenvalue weighted by molar-refractivity contribution is -0.193. The Morgan fingerprint density at radius 2 is 1.87 bits per heavy atom. The van der Waals surface area contributed by atoms with E-state index in [1.54, 1.807) is 23.2 Å². The molecule has 8 nitrogen and oxygen atoms in total. The summed E-state index contributed by atoms with van der Waals surface area (Å²) in [5.74, 6) is -3.96. The quantitative estimate of drug-likeness (QED) is 0.588. The number of benzene rings is 1. The summed E-state index contributed by atoms with van der Waals surface area (Å²) in [7, 11) is 0. The van der Waals surface area contributed by atoms with Crippen LogP contribution < -0.4 is 10.2 Å². The number of anilines is 1. The van der Waals surface area contributed by atoms with Crippen LogP contribution in [0, 0.1) is 0 Å². The van der Waals surface area contributed by atoms with Gasteiger partial charge in [0.05, 0.1) is 29.2 Å². The molecule has 0 saturated carbocycles. The topological polar surface area (TPSA) is 91.8 Å². The first-order valence-corrected chi connectivity index (χ1v) is 9.43. The highest BCUT2D eigenvalue weighted by molar-refractivity contribution is 5.98. The maximum absolute atomic E-state index is 12.6. The molecule has 1 N–H and O–H groups in total. The molecule has 0 radical (unpaired) electrons. The highest BCUT2D eigenvalue weighted by Crippen LogP contribution is 2.26. The molecule has 4 rings (SSSR count). The van der Waals surface area contributed by atoms with Gasteiger partial charge in [-0.15, -0.1) is 0 Å². The molecule has 2 aliphatic heterocycles. The fraction of sp³-hybridized carbons (Fsp3) is 0.300. The fourth-order valence-corrected chi connectivity index (χ4v) is 3.53. The Morgan fingerprint density at radius 3 is 2.48 bits per heavy atom. The normalized spacial score (nSPS) is 18.7. The van der Waals surface area contributed by atoms with Crippen LogP contribution in [0.4, 0.5) is 23.7 Å². The molecule has 31 heavy (non-hydrogen) atoms. The van der Waals surface area contributed by atoms with Gasteiger partial charge in [0.2, 0.25) is 0 Å². The van der Waals surface area contributed by atoms with E-state index in [4.69, 9.17) is 0 Å². The van der Waals surface area contributed by atoms with E-state index in [0.717, 1.165) is 13.1 Å². The van der Waals surface area contributed by atoms with Crippen LogP contribution in [-0.2, 0) is 9.53 Å². The number of hydrogen-bond acceptors (Lipinski definition) is 6. The molecule has 2 aliphatic rings. The summed E-state index contributed by atoms with van der Waals surface area (Å²) in [6, 6.07) is 8.97. The first-order valence-electron chi connectivity index (χ1n) is 9.43. The number of ether oxygens (including phenoxy) is 1. The predicted octanol–water partition coefficient (Wildman–Crippen LogP) is 2.21. The van der Waals surface area contributed by atoms with Crippen molar-refractivity contribution in [3.8, 4) is 11.3 Å². The number of nitrogens with zero attached hydrogens (tertiary/aromatic N) is 3. The zero-order valence-electron chi connectivity index (χ0n) is 16.1. The molecule has 162 valence electrons. The van der Waals surface area contributed by atoms with Crippen molar-refractivity contribution in [2.45, 2.75) is 12.2 Å². The van der Waals surface area contributed by atoms with Gasteiger partial charge in [-0.05, 0) is 24.3 Å². The van der Waals surface area contributed by atoms with Gasteiger partial charge in [-0.2, -0.15) is 13.2 Å². The summed E-state index contributed by atoms with van der Waals surface area (Å²) in [4.78, 5) is 42.9. The molecule has 0 unspecified atom stereocenters. The highest BCUT2D eigenvalue weighted by atomic mass is 19.4. The van der Waals surface area contributed by atoms with Crippen molar-refractivity contribution in [3.05, 3.63) is 48.2 Å². The van der Waals surface area contributed by atoms with Gasteiger partial charge in [-0.3, -0.25) is 9.88 Å². The summed E-state index contributed by atoms with van der Waals surface area (Å²) < 4.78 is 40.4. The lowest BCUT2D eigenvalue weighted by atomic mass is 10.1. The number of fused-ring (bicyclic) bond motifs is 1. The molecule has 11 heteroatoms. The van der Waals surface area contributed by atoms with Crippen LogP contribution in [0.3, 0.4) is 0 Å². The molecule has 2 saturated heterocycles. The number of halogens is 3. The first kappa shape index (κ1) is 20.8. The maximum atomic E-state index is 12.6. The van der Waals surface area contributed by atoms with Crippen molar-refractivity contribution in [3.63, 3.8) is 0 Å². The molecule has 1 aromatic heterocycles. The number of pyridine rings is 1. The average molecular weight is 434 g/mol. The van der Waals surface area contributed by atoms with Crippen LogP contribution in [-0.4, -0.2) is 66.3 Å². The van der Waals surface area contributed by atoms with E-state index >= 15 is 0 Å². The van der Waals surface area contributed by atoms with Gasteiger partial charge < -0.3 is 15.0 Å². The fourth-order valence-electron chi connectivity index (χ4n) is 3.53. The minimum atomic E-state index is -5.25. The number of piperazine rings is 1. The van der Waals surface area contributed by atoms with Crippen LogP contribution in [0.5, 0.6) is 0 Å². The summed E-state index contributed by atoms with van der Waals surface area (Å²) >= 11 is 0. The van der Waals surface area contributed by atoms with Crippen molar-refractivity contribution < 1.29 is 32.3 Å². The lowest BCUT2D eigenvalue weighted by Crippen LogP contribution is -2.49. The van der Waals surface area contributed by atoms with E-state index in [9.17, 15) is 27.6 Å². The van der Waals surface area contributed by atoms with Gasteiger partial charge in [0, 0.05) is 31.7 Å². The van der Waals surface area contributed by atoms with Crippen LogP contribution in [0.15, 0.2) is 42.6 Å². The number of hydrogen-bond donors (Lipinski definition) is 1. The Bertz CT molecular complexity index is 1010. The zero-order chi connectivity index (χ0) is 22.2. The zero-order valence-corrected chi connectivity index (χ0v) is 16.1. The van der Waals surface area contributed by atoms with Crippen molar-refractivity contribution in [1.82, 2.24) is 15.2 Å². The maximum Gasteiger partial charge on any atom is 0.491 e. The minimum Gasteiger partial charge on any atom is -0.383 e. The molecule has 1 atom stereocenters. The van der Waals surface area contributed by atoms with Gasteiger partial charge in [0.1, 0.15) is 0 Å². The Labute approximate surface area is 174 Å². The van der Waals surface area contributed by atoms with Crippen LogP contribution in [0.2, 0.25) is 0 Å². The molecule has 2 amide bonds. The number of carbonyl (C=O) groups is 3. The number of carbonyl (C=O) groups excluding carboxylic acids is 3. The number of esters is 2. The summed E-state index contributed by atoms with van der Waals surface area (Å²) in [6.45, 7) is 2.74. The molecular formula is C20H17F3N4O4. The molecule has 2 fully saturated rings. The average Bonchev–Trinajstić information content (AvgIpc) is 3.10. The van der Waals surface area contributed by atoms with Gasteiger partial charge in [-0.1, -0.05) is 12.1 Å². The Hall–Kier alpha value is -3.47. The molecule has 0 aliphatic carbocycles. The molecule has 3 heterocycles. The number of aromatic nitrogens is 1. The van der Waals surface area contributed by atoms with E-state index < -0.39 is 18.1 Å². The lowest BCUT2D eigenvalue weighted by Gasteiger charge is -2.28. The van der Waals surface area contributed by atoms with Crippen molar-refractivity contribution >= 4 is 23.7 Å². The SMILES string of the molecule is O=C(OC(=O)C(F)(F)F)c1ccc(-c2ccc(N3C[C@@H]4CNCCN4C3=O)cn2)cc1. The number of amides is 2. The number of rotatable bonds is 3. The van der Waals surface area contributed by atoms with Gasteiger partial charge in [0.15, 0.2) is 0 Å². The number of urea groups is 1. The summed E-state index contributed by atoms with van der Waals surface area (Å²) in [5, 5.41) is 3.27. The minimum absolute atomic E-state index is 0.0580. The van der Waals surface area contributed by atoms with Gasteiger partial charge in [0.25, 0.3) is 0 Å². The Morgan fingerprint density at radius 1 is 1.13 bits per heavy atom. The second-order valence-electron chi connectivity index (χ2n) is 7.10. The van der Waals surface area contributed by atoms with Crippen LogP contribution in [0.25, 0.3) is 11.3 Å². The van der Waals surface area contributed by atoms with E-state index in [-0.39, 0.29) is 17.6 Å². The van der Waals surface area contributed by atoms with Crippen LogP contribution in [0.1, 0.15) is 10.4 Å². The van der Waals surface area contributed by atoms with Gasteiger partial charge in [-0.25, -0.2) is 14.4 Å². The molecular weight excluding hydrogens is 417 g/mol. The summed E-state index contributed by atoms with van der Waals surface area (Å²) in [6.07, 6.45) is -3.67. The smallest absolute Gasteiger partial charge is 0.383 e. The Balaban J connectivity index is 1.44. The van der Waals surface area contributed by atoms with E-state index in [1.807, 2.05) is 4.90 Å². The predicted molar refractivity (Wildman–Crippen MR) is 102 cm³/mol. The Kier molecular flexibility index (Phi) is 5.36. The van der Waals surface area contributed by atoms with Crippen LogP contribution >= 0.6 is 0 Å². The van der Waals surface area contributed by atoms with Gasteiger partial charge >= 0.3 is 24.1 Å². The first-order chi connectivity index (χ1) is 14.7. The van der Waals surface area contributed by atoms with Crippen molar-refractivity contribution in [1.29, 1.82) is 0 Å². The standard InChI is InChI=1S/C20H17F3N4O4/c21-20(22,23)18(29)31-17(28)13-3-1-12(2-4-13)16-6-5-14(10-25-16)27-11-15-9-24-7-8-26(15)19(27)30/h1-6,10,15,24H,7-9,11H2/t15-/m0/s1. The third-order valence-corrected chi connectivity index (χ3v) is 5.11. The third kappa shape index (κ3) is 4.22.